The molecule has 1 unspecified atom stereocenters. The quantitative estimate of drug-likeness (QED) is 0.844. The molecule has 6 heteroatoms. The molecule has 0 aliphatic carbocycles. The van der Waals surface area contributed by atoms with Crippen LogP contribution in [-0.2, 0) is 9.59 Å². The van der Waals surface area contributed by atoms with E-state index in [1.807, 2.05) is 0 Å². The monoisotopic (exact) mass is 304 g/mol. The van der Waals surface area contributed by atoms with E-state index >= 15 is 0 Å². The molecule has 1 atom stereocenters. The summed E-state index contributed by atoms with van der Waals surface area (Å²) in [4.78, 5) is 30.1. The van der Waals surface area contributed by atoms with Crippen LogP contribution in [0.3, 0.4) is 0 Å². The molecule has 2 aliphatic heterocycles. The first-order valence-corrected chi connectivity index (χ1v) is 7.48. The minimum Gasteiger partial charge on any atom is -0.295 e. The van der Waals surface area contributed by atoms with Crippen LogP contribution in [0.25, 0.3) is 0 Å². The van der Waals surface area contributed by atoms with Crippen LogP contribution in [0.15, 0.2) is 40.5 Å². The number of hydrogen-bond donors (Lipinski definition) is 0. The lowest BCUT2D eigenvalue weighted by Gasteiger charge is -2.33. The number of halogens is 1. The lowest BCUT2D eigenvalue weighted by atomic mass is 9.92. The van der Waals surface area contributed by atoms with Crippen molar-refractivity contribution < 1.29 is 14.0 Å². The molecule has 1 fully saturated rings. The third kappa shape index (κ3) is 2.29. The van der Waals surface area contributed by atoms with Crippen molar-refractivity contribution in [1.82, 2.24) is 4.90 Å². The maximum Gasteiger partial charge on any atom is 0.239 e. The van der Waals surface area contributed by atoms with Crippen molar-refractivity contribution in [2.45, 2.75) is 19.9 Å². The van der Waals surface area contributed by atoms with Gasteiger partial charge in [-0.05, 0) is 31.5 Å². The molecule has 0 bridgehead atoms. The topological polar surface area (TPSA) is 49.7 Å². The number of hydrogen-bond acceptors (Lipinski definition) is 4. The normalized spacial score (nSPS) is 21.5. The number of thioether (sulfide) groups is 1. The molecule has 1 aromatic carbocycles. The summed E-state index contributed by atoms with van der Waals surface area (Å²) in [7, 11) is 0. The molecule has 1 saturated heterocycles. The summed E-state index contributed by atoms with van der Waals surface area (Å²) in [5.41, 5.74) is 1.82. The molecule has 0 radical (unpaired) electrons. The van der Waals surface area contributed by atoms with Gasteiger partial charge in [-0.2, -0.15) is 0 Å². The number of carbonyl (C=O) groups is 2. The maximum absolute atomic E-state index is 13.1. The van der Waals surface area contributed by atoms with Gasteiger partial charge in [-0.25, -0.2) is 9.38 Å². The molecule has 2 aliphatic rings. The highest BCUT2D eigenvalue weighted by molar-refractivity contribution is 8.15. The number of ketones is 1. The van der Waals surface area contributed by atoms with Gasteiger partial charge < -0.3 is 0 Å². The zero-order valence-corrected chi connectivity index (χ0v) is 12.4. The maximum atomic E-state index is 13.1. The molecule has 0 N–H and O–H groups in total. The fourth-order valence-electron chi connectivity index (χ4n) is 2.65. The Morgan fingerprint density at radius 1 is 1.38 bits per heavy atom. The molecule has 1 amide bonds. The highest BCUT2D eigenvalue weighted by Crippen LogP contribution is 2.40. The third-order valence-electron chi connectivity index (χ3n) is 3.55. The van der Waals surface area contributed by atoms with Crippen molar-refractivity contribution in [3.63, 3.8) is 0 Å². The first-order valence-electron chi connectivity index (χ1n) is 6.49. The SMILES string of the molecule is CC(=O)C1=C(C)N=C2SCC(=O)N2C1c1ccc(F)cc1. The molecular formula is C15H13FN2O2S. The molecule has 3 rings (SSSR count). The van der Waals surface area contributed by atoms with Crippen LogP contribution < -0.4 is 0 Å². The van der Waals surface area contributed by atoms with Gasteiger partial charge in [0.15, 0.2) is 11.0 Å². The Balaban J connectivity index is 2.17. The van der Waals surface area contributed by atoms with Gasteiger partial charge in [-0.15, -0.1) is 0 Å². The predicted molar refractivity (Wildman–Crippen MR) is 79.3 cm³/mol. The fraction of sp³-hybridized carbons (Fsp3) is 0.267. The molecule has 2 heterocycles. The highest BCUT2D eigenvalue weighted by Gasteiger charge is 2.41. The zero-order chi connectivity index (χ0) is 15.1. The third-order valence-corrected chi connectivity index (χ3v) is 4.49. The van der Waals surface area contributed by atoms with Crippen LogP contribution in [0.1, 0.15) is 25.5 Å². The number of amides is 1. The molecule has 0 aromatic heterocycles. The molecule has 21 heavy (non-hydrogen) atoms. The van der Waals surface area contributed by atoms with Crippen molar-refractivity contribution in [2.24, 2.45) is 4.99 Å². The number of benzene rings is 1. The average Bonchev–Trinajstić information content (AvgIpc) is 2.79. The van der Waals surface area contributed by atoms with Crippen LogP contribution in [0.5, 0.6) is 0 Å². The molecule has 4 nitrogen and oxygen atoms in total. The minimum atomic E-state index is -0.516. The van der Waals surface area contributed by atoms with Gasteiger partial charge in [0.2, 0.25) is 5.91 Å². The van der Waals surface area contributed by atoms with E-state index in [1.54, 1.807) is 24.0 Å². The van der Waals surface area contributed by atoms with Crippen LogP contribution in [0.2, 0.25) is 0 Å². The Labute approximate surface area is 125 Å². The van der Waals surface area contributed by atoms with Crippen LogP contribution in [0, 0.1) is 5.82 Å². The number of allylic oxidation sites excluding steroid dienone is 1. The smallest absolute Gasteiger partial charge is 0.239 e. The first kappa shape index (κ1) is 14.0. The summed E-state index contributed by atoms with van der Waals surface area (Å²) in [6.45, 7) is 3.23. The van der Waals surface area contributed by atoms with Crippen LogP contribution in [-0.4, -0.2) is 27.5 Å². The number of amidine groups is 1. The zero-order valence-electron chi connectivity index (χ0n) is 11.6. The molecule has 108 valence electrons. The summed E-state index contributed by atoms with van der Waals surface area (Å²) in [6, 6.07) is 5.37. The second-order valence-corrected chi connectivity index (χ2v) is 5.90. The van der Waals surface area contributed by atoms with Gasteiger partial charge in [-0.3, -0.25) is 14.5 Å². The summed E-state index contributed by atoms with van der Waals surface area (Å²) in [5, 5.41) is 0.608. The summed E-state index contributed by atoms with van der Waals surface area (Å²) >= 11 is 1.36. The summed E-state index contributed by atoms with van der Waals surface area (Å²) in [5.74, 6) is -0.251. The van der Waals surface area contributed by atoms with E-state index in [9.17, 15) is 14.0 Å². The second kappa shape index (κ2) is 5.11. The van der Waals surface area contributed by atoms with E-state index in [0.717, 1.165) is 0 Å². The van der Waals surface area contributed by atoms with E-state index < -0.39 is 6.04 Å². The predicted octanol–water partition coefficient (Wildman–Crippen LogP) is 2.67. The van der Waals surface area contributed by atoms with E-state index in [0.29, 0.717) is 27.8 Å². The van der Waals surface area contributed by atoms with E-state index in [2.05, 4.69) is 4.99 Å². The number of Topliss-reactive ketones (excluding diaryl/α,β-unsaturated/α-hetero) is 1. The van der Waals surface area contributed by atoms with Gasteiger partial charge in [0, 0.05) is 11.3 Å². The highest BCUT2D eigenvalue weighted by atomic mass is 32.2. The van der Waals surface area contributed by atoms with Crippen LogP contribution >= 0.6 is 11.8 Å². The van der Waals surface area contributed by atoms with Crippen molar-refractivity contribution in [1.29, 1.82) is 0 Å². The minimum absolute atomic E-state index is 0.0840. The largest absolute Gasteiger partial charge is 0.295 e. The summed E-state index contributed by atoms with van der Waals surface area (Å²) < 4.78 is 13.1. The Bertz CT molecular complexity index is 694. The van der Waals surface area contributed by atoms with Crippen molar-refractivity contribution in [3.05, 3.63) is 46.9 Å². The van der Waals surface area contributed by atoms with Gasteiger partial charge in [0.05, 0.1) is 11.8 Å². The molecule has 0 saturated carbocycles. The van der Waals surface area contributed by atoms with Gasteiger partial charge in [0.25, 0.3) is 0 Å². The van der Waals surface area contributed by atoms with Crippen LogP contribution in [0.4, 0.5) is 4.39 Å². The van der Waals surface area contributed by atoms with Gasteiger partial charge in [-0.1, -0.05) is 23.9 Å². The Kier molecular flexibility index (Phi) is 3.41. The van der Waals surface area contributed by atoms with E-state index in [4.69, 9.17) is 0 Å². The number of aliphatic imine (C=N–C) groups is 1. The lowest BCUT2D eigenvalue weighted by Crippen LogP contribution is -2.38. The Morgan fingerprint density at radius 3 is 2.67 bits per heavy atom. The van der Waals surface area contributed by atoms with Gasteiger partial charge >= 0.3 is 0 Å². The number of nitrogens with zero attached hydrogens (tertiary/aromatic N) is 2. The van der Waals surface area contributed by atoms with E-state index in [-0.39, 0.29) is 17.5 Å². The Morgan fingerprint density at radius 2 is 2.05 bits per heavy atom. The number of carbonyl (C=O) groups excluding carboxylic acids is 2. The Hall–Kier alpha value is -1.95. The first-order chi connectivity index (χ1) is 9.99. The van der Waals surface area contributed by atoms with Crippen molar-refractivity contribution in [3.8, 4) is 0 Å². The molecule has 1 aromatic rings. The fourth-order valence-corrected chi connectivity index (χ4v) is 3.59. The molecular weight excluding hydrogens is 291 g/mol. The standard InChI is InChI=1S/C15H13FN2O2S/c1-8-13(9(2)19)14(10-3-5-11(16)6-4-10)18-12(20)7-21-15(18)17-8/h3-6,14H,7H2,1-2H3. The van der Waals surface area contributed by atoms with Gasteiger partial charge in [0.1, 0.15) is 5.82 Å². The number of rotatable bonds is 2. The van der Waals surface area contributed by atoms with E-state index in [1.165, 1.54) is 30.8 Å². The number of fused-ring (bicyclic) bond motifs is 1. The molecule has 0 spiro atoms. The lowest BCUT2D eigenvalue weighted by molar-refractivity contribution is -0.125. The van der Waals surface area contributed by atoms with Crippen molar-refractivity contribution >= 4 is 28.6 Å². The second-order valence-electron chi connectivity index (χ2n) is 4.96. The summed E-state index contributed by atoms with van der Waals surface area (Å²) in [6.07, 6.45) is 0. The average molecular weight is 304 g/mol. The van der Waals surface area contributed by atoms with Crippen molar-refractivity contribution in [2.75, 3.05) is 5.75 Å².